The number of aromatic hydroxyl groups is 1. The number of hydrogen-bond donors (Lipinski definition) is 2. The number of amides is 1. The van der Waals surface area contributed by atoms with Crippen LogP contribution in [0.25, 0.3) is 0 Å². The Labute approximate surface area is 161 Å². The lowest BCUT2D eigenvalue weighted by Gasteiger charge is -2.19. The average molecular weight is 463 g/mol. The van der Waals surface area contributed by atoms with Gasteiger partial charge in [-0.2, -0.15) is 5.26 Å². The smallest absolute Gasteiger partial charge is 0.248 e. The Morgan fingerprint density at radius 1 is 1.24 bits per heavy atom. The highest BCUT2D eigenvalue weighted by atomic mass is 79.9. The van der Waals surface area contributed by atoms with Gasteiger partial charge in [-0.05, 0) is 73.8 Å². The van der Waals surface area contributed by atoms with Crippen molar-refractivity contribution in [2.45, 2.75) is 5.92 Å². The number of nitriles is 1. The molecule has 25 heavy (non-hydrogen) atoms. The highest BCUT2D eigenvalue weighted by Crippen LogP contribution is 2.40. The van der Waals surface area contributed by atoms with E-state index in [1.165, 1.54) is 0 Å². The standard InChI is InChI=1S/C18H13Br2N3O2/c19-15-5-11(6-16(20)17(15)24)14-9-23(8-12(14)7-21)13-3-1-10(2-4-13)18(22)25/h1-6,8,14,24H,9H2,(H2,22,25). The van der Waals surface area contributed by atoms with Gasteiger partial charge >= 0.3 is 0 Å². The molecule has 0 spiro atoms. The summed E-state index contributed by atoms with van der Waals surface area (Å²) in [6, 6.07) is 12.8. The summed E-state index contributed by atoms with van der Waals surface area (Å²) in [4.78, 5) is 13.1. The van der Waals surface area contributed by atoms with Crippen LogP contribution in [0.2, 0.25) is 0 Å². The Morgan fingerprint density at radius 2 is 1.84 bits per heavy atom. The Balaban J connectivity index is 1.92. The number of halogens is 2. The third kappa shape index (κ3) is 3.41. The van der Waals surface area contributed by atoms with E-state index in [0.29, 0.717) is 26.6 Å². The maximum atomic E-state index is 11.2. The molecule has 0 aliphatic carbocycles. The number of benzene rings is 2. The topological polar surface area (TPSA) is 90.4 Å². The quantitative estimate of drug-likeness (QED) is 0.720. The minimum Gasteiger partial charge on any atom is -0.506 e. The second-order valence-corrected chi connectivity index (χ2v) is 7.35. The predicted molar refractivity (Wildman–Crippen MR) is 102 cm³/mol. The molecular weight excluding hydrogens is 450 g/mol. The van der Waals surface area contributed by atoms with Crippen LogP contribution in [-0.4, -0.2) is 17.6 Å². The first kappa shape index (κ1) is 17.5. The molecule has 3 rings (SSSR count). The van der Waals surface area contributed by atoms with Gasteiger partial charge in [-0.1, -0.05) is 0 Å². The summed E-state index contributed by atoms with van der Waals surface area (Å²) >= 11 is 6.66. The van der Waals surface area contributed by atoms with Crippen LogP contribution in [0.3, 0.4) is 0 Å². The molecule has 1 heterocycles. The second-order valence-electron chi connectivity index (χ2n) is 5.65. The normalized spacial score (nSPS) is 16.4. The van der Waals surface area contributed by atoms with Crippen molar-refractivity contribution < 1.29 is 9.90 Å². The largest absolute Gasteiger partial charge is 0.506 e. The molecule has 1 aliphatic heterocycles. The lowest BCUT2D eigenvalue weighted by atomic mass is 9.94. The predicted octanol–water partition coefficient (Wildman–Crippen LogP) is 4.03. The minimum atomic E-state index is -0.474. The molecule has 3 N–H and O–H groups in total. The number of nitrogens with zero attached hydrogens (tertiary/aromatic N) is 2. The molecule has 2 aromatic rings. The van der Waals surface area contributed by atoms with Crippen LogP contribution in [-0.2, 0) is 0 Å². The van der Waals surface area contributed by atoms with Gasteiger partial charge in [0, 0.05) is 29.9 Å². The molecule has 0 bridgehead atoms. The summed E-state index contributed by atoms with van der Waals surface area (Å²) in [7, 11) is 0. The molecule has 1 unspecified atom stereocenters. The van der Waals surface area contributed by atoms with Crippen LogP contribution in [0.5, 0.6) is 5.75 Å². The van der Waals surface area contributed by atoms with Crippen LogP contribution in [0.4, 0.5) is 5.69 Å². The number of anilines is 1. The van der Waals surface area contributed by atoms with Gasteiger partial charge < -0.3 is 15.7 Å². The van der Waals surface area contributed by atoms with Crippen molar-refractivity contribution in [2.24, 2.45) is 5.73 Å². The first-order valence-corrected chi connectivity index (χ1v) is 8.95. The van der Waals surface area contributed by atoms with E-state index in [1.807, 2.05) is 17.0 Å². The van der Waals surface area contributed by atoms with Gasteiger partial charge in [0.05, 0.1) is 20.6 Å². The molecule has 5 nitrogen and oxygen atoms in total. The monoisotopic (exact) mass is 461 g/mol. The summed E-state index contributed by atoms with van der Waals surface area (Å²) in [5, 5.41) is 19.4. The Morgan fingerprint density at radius 3 is 2.36 bits per heavy atom. The van der Waals surface area contributed by atoms with Crippen LogP contribution >= 0.6 is 31.9 Å². The number of phenols is 1. The highest BCUT2D eigenvalue weighted by molar-refractivity contribution is 9.11. The van der Waals surface area contributed by atoms with E-state index in [1.54, 1.807) is 30.5 Å². The third-order valence-corrected chi connectivity index (χ3v) is 5.31. The van der Waals surface area contributed by atoms with Gasteiger partial charge in [-0.15, -0.1) is 0 Å². The summed E-state index contributed by atoms with van der Waals surface area (Å²) in [6.45, 7) is 0.586. The number of phenolic OH excluding ortho intramolecular Hbond substituents is 1. The number of carbonyl (C=O) groups is 1. The number of primary amides is 1. The lowest BCUT2D eigenvalue weighted by molar-refractivity contribution is 0.100. The molecule has 1 amide bonds. The van der Waals surface area contributed by atoms with E-state index < -0.39 is 5.91 Å². The van der Waals surface area contributed by atoms with Crippen molar-refractivity contribution in [2.75, 3.05) is 11.4 Å². The molecule has 1 aliphatic rings. The summed E-state index contributed by atoms with van der Waals surface area (Å²) < 4.78 is 1.14. The second kappa shape index (κ2) is 6.90. The van der Waals surface area contributed by atoms with E-state index in [-0.39, 0.29) is 11.7 Å². The zero-order chi connectivity index (χ0) is 18.1. The fraction of sp³-hybridized carbons (Fsp3) is 0.111. The Kier molecular flexibility index (Phi) is 4.84. The summed E-state index contributed by atoms with van der Waals surface area (Å²) in [5.41, 5.74) is 8.12. The number of nitrogens with two attached hydrogens (primary N) is 1. The molecule has 126 valence electrons. The van der Waals surface area contributed by atoms with E-state index in [0.717, 1.165) is 11.3 Å². The minimum absolute atomic E-state index is 0.117. The fourth-order valence-corrected chi connectivity index (χ4v) is 4.00. The molecule has 0 saturated carbocycles. The van der Waals surface area contributed by atoms with Crippen LogP contribution in [0.15, 0.2) is 57.1 Å². The first-order valence-electron chi connectivity index (χ1n) is 7.37. The molecule has 2 aromatic carbocycles. The van der Waals surface area contributed by atoms with E-state index in [2.05, 4.69) is 37.9 Å². The van der Waals surface area contributed by atoms with Crippen LogP contribution in [0.1, 0.15) is 21.8 Å². The van der Waals surface area contributed by atoms with E-state index >= 15 is 0 Å². The van der Waals surface area contributed by atoms with Gasteiger partial charge in [0.25, 0.3) is 0 Å². The molecule has 0 aromatic heterocycles. The number of carbonyl (C=O) groups excluding carboxylic acids is 1. The van der Waals surface area contributed by atoms with E-state index in [4.69, 9.17) is 5.73 Å². The molecule has 1 atom stereocenters. The summed E-state index contributed by atoms with van der Waals surface area (Å²) in [5.74, 6) is -0.463. The van der Waals surface area contributed by atoms with Gasteiger partial charge in [-0.25, -0.2) is 0 Å². The van der Waals surface area contributed by atoms with Crippen molar-refractivity contribution in [3.63, 3.8) is 0 Å². The highest BCUT2D eigenvalue weighted by Gasteiger charge is 2.28. The lowest BCUT2D eigenvalue weighted by Crippen LogP contribution is -2.17. The molecule has 0 radical (unpaired) electrons. The fourth-order valence-electron chi connectivity index (χ4n) is 2.78. The maximum absolute atomic E-state index is 11.2. The molecule has 0 saturated heterocycles. The van der Waals surface area contributed by atoms with Crippen molar-refractivity contribution >= 4 is 43.5 Å². The zero-order valence-electron chi connectivity index (χ0n) is 12.9. The van der Waals surface area contributed by atoms with Gasteiger partial charge in [-0.3, -0.25) is 4.79 Å². The summed E-state index contributed by atoms with van der Waals surface area (Å²) in [6.07, 6.45) is 1.80. The van der Waals surface area contributed by atoms with Crippen LogP contribution < -0.4 is 10.6 Å². The Bertz CT molecular complexity index is 894. The van der Waals surface area contributed by atoms with Crippen LogP contribution in [0, 0.1) is 11.3 Å². The van der Waals surface area contributed by atoms with Gasteiger partial charge in [0.1, 0.15) is 5.75 Å². The number of hydrogen-bond acceptors (Lipinski definition) is 4. The Hall–Kier alpha value is -2.30. The molecule has 0 fully saturated rings. The molecular formula is C18H13Br2N3O2. The SMILES string of the molecule is N#CC1=CN(c2ccc(C(N)=O)cc2)CC1c1cc(Br)c(O)c(Br)c1. The zero-order valence-corrected chi connectivity index (χ0v) is 16.1. The maximum Gasteiger partial charge on any atom is 0.248 e. The van der Waals surface area contributed by atoms with Gasteiger partial charge in [0.15, 0.2) is 0 Å². The average Bonchev–Trinajstić information content (AvgIpc) is 3.03. The number of rotatable bonds is 3. The first-order chi connectivity index (χ1) is 11.9. The van der Waals surface area contributed by atoms with E-state index in [9.17, 15) is 15.2 Å². The van der Waals surface area contributed by atoms with Gasteiger partial charge in [0.2, 0.25) is 5.91 Å². The molecule has 7 heteroatoms. The van der Waals surface area contributed by atoms with Crippen molar-refractivity contribution in [1.29, 1.82) is 5.26 Å². The third-order valence-electron chi connectivity index (χ3n) is 4.10. The van der Waals surface area contributed by atoms with Crippen molar-refractivity contribution in [3.8, 4) is 11.8 Å². The van der Waals surface area contributed by atoms with Crippen molar-refractivity contribution in [3.05, 3.63) is 68.2 Å². The van der Waals surface area contributed by atoms with Crippen molar-refractivity contribution in [1.82, 2.24) is 0 Å².